The Morgan fingerprint density at radius 2 is 2.00 bits per heavy atom. The molecule has 1 aliphatic heterocycles. The molecule has 0 fully saturated rings. The van der Waals surface area contributed by atoms with Crippen molar-refractivity contribution < 1.29 is 17.7 Å². The van der Waals surface area contributed by atoms with E-state index >= 15 is 0 Å². The maximum atomic E-state index is 13.2. The average molecular weight is 565 g/mol. The van der Waals surface area contributed by atoms with Crippen molar-refractivity contribution in [2.45, 2.75) is 44.4 Å². The molecule has 38 heavy (non-hydrogen) atoms. The molecule has 0 radical (unpaired) electrons. The summed E-state index contributed by atoms with van der Waals surface area (Å²) in [5, 5.41) is 4.04. The summed E-state index contributed by atoms with van der Waals surface area (Å²) in [6, 6.07) is 9.26. The van der Waals surface area contributed by atoms with Gasteiger partial charge in [-0.25, -0.2) is 14.1 Å². The van der Waals surface area contributed by atoms with Crippen molar-refractivity contribution in [1.82, 2.24) is 19.8 Å². The molecule has 1 atom stereocenters. The van der Waals surface area contributed by atoms with E-state index in [1.54, 1.807) is 6.07 Å². The summed E-state index contributed by atoms with van der Waals surface area (Å²) in [6.45, 7) is 4.20. The number of nitrogens with one attached hydrogen (secondary N) is 1. The Bertz CT molecular complexity index is 1330. The molecule has 0 bridgehead atoms. The molecule has 0 amide bonds. The Balaban J connectivity index is 1.27. The number of aromatic nitrogens is 3. The van der Waals surface area contributed by atoms with Crippen LogP contribution in [0.15, 0.2) is 54.6 Å². The Hall–Kier alpha value is -2.39. The summed E-state index contributed by atoms with van der Waals surface area (Å²) in [4.78, 5) is 6.28. The van der Waals surface area contributed by atoms with E-state index in [9.17, 15) is 13.2 Å². The number of aryl methyl sites for hydroxylation is 2. The fraction of sp³-hybridized carbons (Fsp3) is 0.429. The first-order valence-electron chi connectivity index (χ1n) is 12.9. The second-order valence-electron chi connectivity index (χ2n) is 10.0. The zero-order valence-electron chi connectivity index (χ0n) is 21.2. The van der Waals surface area contributed by atoms with E-state index < -0.39 is 11.9 Å². The van der Waals surface area contributed by atoms with Crippen LogP contribution in [0, 0.1) is 0 Å². The van der Waals surface area contributed by atoms with Crippen LogP contribution >= 0.6 is 23.2 Å². The topological polar surface area (TPSA) is 37.0 Å². The molecular formula is C28H31Cl2F3N5+. The van der Waals surface area contributed by atoms with Crippen LogP contribution < -0.4 is 9.88 Å². The lowest BCUT2D eigenvalue weighted by atomic mass is 9.92. The maximum absolute atomic E-state index is 13.2. The molecule has 2 aliphatic rings. The number of hydrogen-bond acceptors (Lipinski definition) is 3. The van der Waals surface area contributed by atoms with Crippen LogP contribution in [-0.4, -0.2) is 46.7 Å². The summed E-state index contributed by atoms with van der Waals surface area (Å²) in [5.74, 6) is 0. The van der Waals surface area contributed by atoms with Crippen LogP contribution in [0.3, 0.4) is 0 Å². The smallest absolute Gasteiger partial charge is 0.311 e. The molecule has 0 spiro atoms. The third-order valence-corrected chi connectivity index (χ3v) is 7.96. The summed E-state index contributed by atoms with van der Waals surface area (Å²) in [5.41, 5.74) is 4.81. The third kappa shape index (κ3) is 6.09. The second-order valence-corrected chi connectivity index (χ2v) is 10.9. The number of pyridine rings is 1. The van der Waals surface area contributed by atoms with Crippen LogP contribution in [0.25, 0.3) is 5.57 Å². The normalized spacial score (nSPS) is 17.7. The van der Waals surface area contributed by atoms with Gasteiger partial charge in [-0.2, -0.15) is 13.2 Å². The number of imidazole rings is 1. The van der Waals surface area contributed by atoms with E-state index in [0.717, 1.165) is 50.6 Å². The van der Waals surface area contributed by atoms with Crippen molar-refractivity contribution in [2.75, 3.05) is 26.2 Å². The zero-order valence-corrected chi connectivity index (χ0v) is 22.8. The fourth-order valence-corrected chi connectivity index (χ4v) is 5.98. The van der Waals surface area contributed by atoms with Crippen molar-refractivity contribution >= 4 is 28.8 Å². The molecule has 2 aromatic heterocycles. The van der Waals surface area contributed by atoms with Crippen molar-refractivity contribution in [2.24, 2.45) is 7.05 Å². The standard InChI is InChI=1S/C28H31Cl2F3N5/c1-36-13-14-37(18-36)12-9-34-17-26-24-15-19-4-5-20(29)16-23(19)22(24)8-11-38(26)10-2-3-21-6-7-25(30)27(35-21)28(31,32)33/h4-7,13-14,16,18,26,34H,2-3,8-12,15,17H2,1H3/q+1. The molecule has 3 heterocycles. The van der Waals surface area contributed by atoms with Gasteiger partial charge < -0.3 is 5.32 Å². The lowest BCUT2D eigenvalue weighted by Crippen LogP contribution is -2.47. The van der Waals surface area contributed by atoms with Crippen molar-refractivity contribution in [1.29, 1.82) is 0 Å². The van der Waals surface area contributed by atoms with Gasteiger partial charge in [-0.05, 0) is 78.8 Å². The molecular weight excluding hydrogens is 534 g/mol. The van der Waals surface area contributed by atoms with Crippen LogP contribution in [0.4, 0.5) is 13.2 Å². The molecule has 5 rings (SSSR count). The molecule has 0 saturated heterocycles. The third-order valence-electron chi connectivity index (χ3n) is 7.42. The zero-order chi connectivity index (χ0) is 26.9. The number of benzene rings is 1. The fourth-order valence-electron chi connectivity index (χ4n) is 5.60. The van der Waals surface area contributed by atoms with Crippen molar-refractivity contribution in [3.63, 3.8) is 0 Å². The lowest BCUT2D eigenvalue weighted by molar-refractivity contribution is -0.671. The predicted molar refractivity (Wildman–Crippen MR) is 143 cm³/mol. The quantitative estimate of drug-likeness (QED) is 0.281. The van der Waals surface area contributed by atoms with Gasteiger partial charge in [-0.15, -0.1) is 0 Å². The van der Waals surface area contributed by atoms with E-state index in [1.165, 1.54) is 28.3 Å². The summed E-state index contributed by atoms with van der Waals surface area (Å²) < 4.78 is 43.9. The van der Waals surface area contributed by atoms with E-state index in [1.807, 2.05) is 23.9 Å². The van der Waals surface area contributed by atoms with E-state index in [-0.39, 0.29) is 11.1 Å². The van der Waals surface area contributed by atoms with Gasteiger partial charge in [0.1, 0.15) is 18.9 Å². The summed E-state index contributed by atoms with van der Waals surface area (Å²) in [6.07, 6.45) is 4.60. The second kappa shape index (κ2) is 11.4. The van der Waals surface area contributed by atoms with Gasteiger partial charge in [-0.3, -0.25) is 4.90 Å². The van der Waals surface area contributed by atoms with Gasteiger partial charge in [0.25, 0.3) is 0 Å². The highest BCUT2D eigenvalue weighted by molar-refractivity contribution is 6.31. The van der Waals surface area contributed by atoms with E-state index in [0.29, 0.717) is 18.5 Å². The Kier molecular flexibility index (Phi) is 8.14. The monoisotopic (exact) mass is 564 g/mol. The molecule has 202 valence electrons. The molecule has 5 nitrogen and oxygen atoms in total. The first-order valence-corrected chi connectivity index (χ1v) is 13.6. The Morgan fingerprint density at radius 3 is 2.76 bits per heavy atom. The summed E-state index contributed by atoms with van der Waals surface area (Å²) in [7, 11) is 2.01. The van der Waals surface area contributed by atoms with E-state index in [4.69, 9.17) is 23.2 Å². The highest BCUT2D eigenvalue weighted by Gasteiger charge is 2.36. The highest BCUT2D eigenvalue weighted by atomic mass is 35.5. The van der Waals surface area contributed by atoms with Crippen molar-refractivity contribution in [3.05, 3.63) is 87.2 Å². The molecule has 3 aromatic rings. The average Bonchev–Trinajstić information content (AvgIpc) is 3.45. The minimum absolute atomic E-state index is 0.217. The highest BCUT2D eigenvalue weighted by Crippen LogP contribution is 2.42. The molecule has 0 saturated carbocycles. The van der Waals surface area contributed by atoms with Gasteiger partial charge in [-0.1, -0.05) is 29.3 Å². The van der Waals surface area contributed by atoms with Gasteiger partial charge in [0.15, 0.2) is 5.69 Å². The minimum Gasteiger partial charge on any atom is -0.311 e. The van der Waals surface area contributed by atoms with Gasteiger partial charge >= 0.3 is 6.18 Å². The van der Waals surface area contributed by atoms with E-state index in [2.05, 4.69) is 44.4 Å². The number of alkyl halides is 3. The first-order chi connectivity index (χ1) is 18.2. The van der Waals surface area contributed by atoms with Crippen molar-refractivity contribution in [3.8, 4) is 0 Å². The SMILES string of the molecule is C[n+]1ccn(CCNCC2C3=C(CCN2CCCc2ccc(Cl)c(C(F)(F)F)n2)c2cc(Cl)ccc2C3)c1. The molecule has 1 unspecified atom stereocenters. The maximum Gasteiger partial charge on any atom is 0.434 e. The number of halogens is 5. The van der Waals surface area contributed by atoms with Crippen LogP contribution in [-0.2, 0) is 32.6 Å². The molecule has 1 N–H and O–H groups in total. The molecule has 1 aliphatic carbocycles. The van der Waals surface area contributed by atoms with Crippen LogP contribution in [0.2, 0.25) is 10.0 Å². The largest absolute Gasteiger partial charge is 0.434 e. The number of rotatable bonds is 9. The number of nitrogens with zero attached hydrogens (tertiary/aromatic N) is 4. The Morgan fingerprint density at radius 1 is 1.16 bits per heavy atom. The number of fused-ring (bicyclic) bond motifs is 2. The minimum atomic E-state index is -4.56. The van der Waals surface area contributed by atoms with Crippen LogP contribution in [0.5, 0.6) is 0 Å². The van der Waals surface area contributed by atoms with Gasteiger partial charge in [0, 0.05) is 36.4 Å². The Labute approximate surface area is 230 Å². The first kappa shape index (κ1) is 27.2. The molecule has 1 aromatic carbocycles. The predicted octanol–water partition coefficient (Wildman–Crippen LogP) is 5.34. The lowest BCUT2D eigenvalue weighted by Gasteiger charge is -2.37. The molecule has 10 heteroatoms. The summed E-state index contributed by atoms with van der Waals surface area (Å²) >= 11 is 12.1. The van der Waals surface area contributed by atoms with Gasteiger partial charge in [0.2, 0.25) is 6.33 Å². The van der Waals surface area contributed by atoms with Crippen LogP contribution in [0.1, 0.15) is 35.4 Å². The number of hydrogen-bond donors (Lipinski definition) is 1. The van der Waals surface area contributed by atoms with Gasteiger partial charge in [0.05, 0.1) is 12.1 Å².